The molecular formula is C15H16ClF2N3O3. The molecule has 0 saturated carbocycles. The Bertz CT molecular complexity index is 659. The Morgan fingerprint density at radius 3 is 2.88 bits per heavy atom. The van der Waals surface area contributed by atoms with Crippen LogP contribution in [0.3, 0.4) is 0 Å². The van der Waals surface area contributed by atoms with Gasteiger partial charge in [-0.15, -0.1) is 0 Å². The number of rotatable bonds is 2. The Morgan fingerprint density at radius 2 is 2.21 bits per heavy atom. The van der Waals surface area contributed by atoms with Gasteiger partial charge in [-0.25, -0.2) is 13.6 Å². The second-order valence-corrected chi connectivity index (χ2v) is 6.43. The normalized spacial score (nSPS) is 23.5. The van der Waals surface area contributed by atoms with Crippen molar-refractivity contribution in [2.75, 3.05) is 19.6 Å². The van der Waals surface area contributed by atoms with Gasteiger partial charge in [0.15, 0.2) is 5.75 Å². The summed E-state index contributed by atoms with van der Waals surface area (Å²) in [6.07, 6.45) is 2.30. The van der Waals surface area contributed by atoms with Gasteiger partial charge in [0.2, 0.25) is 5.91 Å². The lowest BCUT2D eigenvalue weighted by Gasteiger charge is -2.40. The molecule has 0 N–H and O–H groups in total. The molecule has 0 aliphatic carbocycles. The van der Waals surface area contributed by atoms with Crippen LogP contribution in [-0.4, -0.2) is 58.4 Å². The van der Waals surface area contributed by atoms with E-state index in [0.717, 1.165) is 4.90 Å². The lowest BCUT2D eigenvalue weighted by molar-refractivity contribution is -0.135. The van der Waals surface area contributed by atoms with E-state index in [9.17, 15) is 18.4 Å². The van der Waals surface area contributed by atoms with Crippen LogP contribution in [0.4, 0.5) is 13.6 Å². The summed E-state index contributed by atoms with van der Waals surface area (Å²) in [6, 6.07) is 0.671. The van der Waals surface area contributed by atoms with Crippen LogP contribution in [0.15, 0.2) is 18.5 Å². The zero-order chi connectivity index (χ0) is 17.3. The fourth-order valence-corrected chi connectivity index (χ4v) is 3.25. The number of nitrogens with zero attached hydrogens (tertiary/aromatic N) is 3. The first-order valence-corrected chi connectivity index (χ1v) is 7.96. The van der Waals surface area contributed by atoms with Crippen LogP contribution >= 0.6 is 11.6 Å². The number of carbonyl (C=O) groups is 2. The topological polar surface area (TPSA) is 62.7 Å². The zero-order valence-corrected chi connectivity index (χ0v) is 13.5. The summed E-state index contributed by atoms with van der Waals surface area (Å²) >= 11 is 5.75. The molecule has 0 unspecified atom stereocenters. The van der Waals surface area contributed by atoms with E-state index in [2.05, 4.69) is 4.98 Å². The molecule has 6 nitrogen and oxygen atoms in total. The first-order valence-electron chi connectivity index (χ1n) is 7.59. The lowest BCUT2D eigenvalue weighted by Crippen LogP contribution is -2.57. The summed E-state index contributed by atoms with van der Waals surface area (Å²) in [5, 5.41) is 0.268. The Hall–Kier alpha value is -1.96. The SMILES string of the molecule is O=C(Oc1cncc(Cl)c1)N1C[C@H](N2CCCC2=O)CC(F)(F)C1. The molecule has 0 bridgehead atoms. The zero-order valence-electron chi connectivity index (χ0n) is 12.8. The van der Waals surface area contributed by atoms with Crippen LogP contribution in [0, 0.1) is 0 Å². The number of alkyl halides is 2. The van der Waals surface area contributed by atoms with Crippen molar-refractivity contribution < 1.29 is 23.1 Å². The predicted molar refractivity (Wildman–Crippen MR) is 81.1 cm³/mol. The molecule has 130 valence electrons. The quantitative estimate of drug-likeness (QED) is 0.814. The third kappa shape index (κ3) is 3.75. The van der Waals surface area contributed by atoms with Gasteiger partial charge in [0.1, 0.15) is 0 Å². The van der Waals surface area contributed by atoms with Crippen LogP contribution in [-0.2, 0) is 4.79 Å². The molecule has 0 spiro atoms. The molecule has 9 heteroatoms. The van der Waals surface area contributed by atoms with Crippen LogP contribution in [0.2, 0.25) is 5.02 Å². The number of aromatic nitrogens is 1. The van der Waals surface area contributed by atoms with E-state index in [1.165, 1.54) is 23.4 Å². The monoisotopic (exact) mass is 359 g/mol. The van der Waals surface area contributed by atoms with Crippen LogP contribution in [0.1, 0.15) is 19.3 Å². The molecule has 2 amide bonds. The molecule has 2 saturated heterocycles. The molecular weight excluding hydrogens is 344 g/mol. The summed E-state index contributed by atoms with van der Waals surface area (Å²) in [4.78, 5) is 30.2. The Labute approximate surface area is 142 Å². The first kappa shape index (κ1) is 16.9. The van der Waals surface area contributed by atoms with E-state index in [0.29, 0.717) is 19.4 Å². The predicted octanol–water partition coefficient (Wildman–Crippen LogP) is 2.57. The maximum atomic E-state index is 14.0. The fraction of sp³-hybridized carbons (Fsp3) is 0.533. The van der Waals surface area contributed by atoms with Crippen molar-refractivity contribution in [1.29, 1.82) is 0 Å². The van der Waals surface area contributed by atoms with E-state index in [4.69, 9.17) is 16.3 Å². The fourth-order valence-electron chi connectivity index (χ4n) is 3.09. The number of pyridine rings is 1. The smallest absolute Gasteiger partial charge is 0.408 e. The van der Waals surface area contributed by atoms with Crippen molar-refractivity contribution in [3.63, 3.8) is 0 Å². The van der Waals surface area contributed by atoms with Crippen molar-refractivity contribution in [3.05, 3.63) is 23.5 Å². The first-order chi connectivity index (χ1) is 11.3. The molecule has 1 atom stereocenters. The van der Waals surface area contributed by atoms with Crippen LogP contribution in [0.25, 0.3) is 0 Å². The number of piperidine rings is 1. The summed E-state index contributed by atoms with van der Waals surface area (Å²) in [7, 11) is 0. The average Bonchev–Trinajstić information content (AvgIpc) is 2.92. The van der Waals surface area contributed by atoms with Crippen molar-refractivity contribution >= 4 is 23.6 Å². The second kappa shape index (κ2) is 6.51. The van der Waals surface area contributed by atoms with Gasteiger partial charge in [-0.05, 0) is 6.42 Å². The lowest BCUT2D eigenvalue weighted by atomic mass is 10.0. The van der Waals surface area contributed by atoms with Crippen molar-refractivity contribution in [1.82, 2.24) is 14.8 Å². The minimum atomic E-state index is -3.07. The summed E-state index contributed by atoms with van der Waals surface area (Å²) in [5.74, 6) is -3.14. The van der Waals surface area contributed by atoms with Gasteiger partial charge in [-0.1, -0.05) is 11.6 Å². The Morgan fingerprint density at radius 1 is 1.42 bits per heavy atom. The Kier molecular flexibility index (Phi) is 4.58. The van der Waals surface area contributed by atoms with Crippen molar-refractivity contribution in [2.24, 2.45) is 0 Å². The number of hydrogen-bond donors (Lipinski definition) is 0. The van der Waals surface area contributed by atoms with Gasteiger partial charge in [0.05, 0.1) is 23.8 Å². The van der Waals surface area contributed by atoms with E-state index in [-0.39, 0.29) is 23.2 Å². The van der Waals surface area contributed by atoms with Gasteiger partial charge in [0.25, 0.3) is 5.92 Å². The standard InChI is InChI=1S/C15H16ClF2N3O3/c16-10-4-12(7-19-6-10)24-14(23)20-8-11(5-15(17,18)9-20)21-3-1-2-13(21)22/h4,6-7,11H,1-3,5,8-9H2/t11-/m1/s1. The number of halogens is 3. The molecule has 2 aliphatic rings. The molecule has 1 aromatic heterocycles. The maximum absolute atomic E-state index is 14.0. The molecule has 2 fully saturated rings. The number of hydrogen-bond acceptors (Lipinski definition) is 4. The Balaban J connectivity index is 1.71. The average molecular weight is 360 g/mol. The number of ether oxygens (including phenoxy) is 1. The third-order valence-corrected chi connectivity index (χ3v) is 4.29. The van der Waals surface area contributed by atoms with Gasteiger partial charge in [0, 0.05) is 38.2 Å². The van der Waals surface area contributed by atoms with Crippen LogP contribution in [0.5, 0.6) is 5.75 Å². The molecule has 0 radical (unpaired) electrons. The largest absolute Gasteiger partial charge is 0.415 e. The second-order valence-electron chi connectivity index (χ2n) is 5.99. The van der Waals surface area contributed by atoms with Gasteiger partial charge < -0.3 is 9.64 Å². The minimum absolute atomic E-state index is 0.0220. The van der Waals surface area contributed by atoms with Crippen molar-refractivity contribution in [2.45, 2.75) is 31.2 Å². The van der Waals surface area contributed by atoms with E-state index < -0.39 is 31.0 Å². The van der Waals surface area contributed by atoms with E-state index >= 15 is 0 Å². The highest BCUT2D eigenvalue weighted by Gasteiger charge is 2.46. The van der Waals surface area contributed by atoms with Gasteiger partial charge in [-0.3, -0.25) is 14.7 Å². The van der Waals surface area contributed by atoms with E-state index in [1.54, 1.807) is 0 Å². The molecule has 3 rings (SSSR count). The number of amides is 2. The van der Waals surface area contributed by atoms with E-state index in [1.807, 2.05) is 0 Å². The summed E-state index contributed by atoms with van der Waals surface area (Å²) in [5.41, 5.74) is 0. The minimum Gasteiger partial charge on any atom is -0.408 e. The number of carbonyl (C=O) groups excluding carboxylic acids is 2. The molecule has 24 heavy (non-hydrogen) atoms. The summed E-state index contributed by atoms with van der Waals surface area (Å²) in [6.45, 7) is -0.271. The molecule has 1 aromatic rings. The van der Waals surface area contributed by atoms with Gasteiger partial charge in [-0.2, -0.15) is 0 Å². The highest BCUT2D eigenvalue weighted by atomic mass is 35.5. The molecule has 2 aliphatic heterocycles. The van der Waals surface area contributed by atoms with Gasteiger partial charge >= 0.3 is 6.09 Å². The molecule has 0 aromatic carbocycles. The third-order valence-electron chi connectivity index (χ3n) is 4.08. The highest BCUT2D eigenvalue weighted by molar-refractivity contribution is 6.30. The summed E-state index contributed by atoms with van der Waals surface area (Å²) < 4.78 is 33.1. The van der Waals surface area contributed by atoms with Crippen LogP contribution < -0.4 is 4.74 Å². The molecule has 3 heterocycles. The maximum Gasteiger partial charge on any atom is 0.415 e. The van der Waals surface area contributed by atoms with Crippen molar-refractivity contribution in [3.8, 4) is 5.75 Å². The number of likely N-dealkylation sites (tertiary alicyclic amines) is 2. The highest BCUT2D eigenvalue weighted by Crippen LogP contribution is 2.32.